The largest absolute Gasteiger partial charge is 0.490 e. The Hall–Kier alpha value is -3.28. The summed E-state index contributed by atoms with van der Waals surface area (Å²) in [5, 5.41) is 3.95. The molecular weight excluding hydrogens is 356 g/mol. The number of hydrazone groups is 1. The maximum atomic E-state index is 12.5. The minimum Gasteiger partial charge on any atom is -0.490 e. The summed E-state index contributed by atoms with van der Waals surface area (Å²) in [6.07, 6.45) is 5.17. The first-order valence-electron chi connectivity index (χ1n) is 9.31. The van der Waals surface area contributed by atoms with E-state index in [4.69, 9.17) is 14.2 Å². The molecule has 6 nitrogen and oxygen atoms in total. The summed E-state index contributed by atoms with van der Waals surface area (Å²) in [5.41, 5.74) is 3.93. The van der Waals surface area contributed by atoms with Crippen LogP contribution in [0.3, 0.4) is 0 Å². The highest BCUT2D eigenvalue weighted by atomic mass is 16.5. The number of amides is 1. The average Bonchev–Trinajstić information content (AvgIpc) is 2.71. The van der Waals surface area contributed by atoms with Gasteiger partial charge in [0.05, 0.1) is 19.8 Å². The molecule has 0 aliphatic rings. The zero-order valence-electron chi connectivity index (χ0n) is 16.5. The summed E-state index contributed by atoms with van der Waals surface area (Å²) in [4.78, 5) is 12.5. The second-order valence-electron chi connectivity index (χ2n) is 5.59. The second-order valence-corrected chi connectivity index (χ2v) is 5.59. The highest BCUT2D eigenvalue weighted by Crippen LogP contribution is 2.39. The van der Waals surface area contributed by atoms with Gasteiger partial charge in [0, 0.05) is 11.8 Å². The first kappa shape index (κ1) is 21.0. The number of allylic oxidation sites excluding steroid dienone is 1. The van der Waals surface area contributed by atoms with Crippen molar-refractivity contribution < 1.29 is 19.0 Å². The van der Waals surface area contributed by atoms with Crippen LogP contribution in [0, 0.1) is 0 Å². The number of benzene rings is 2. The van der Waals surface area contributed by atoms with Gasteiger partial charge in [0.25, 0.3) is 5.91 Å². The summed E-state index contributed by atoms with van der Waals surface area (Å²) in [6.45, 7) is 6.96. The fourth-order valence-electron chi connectivity index (χ4n) is 2.44. The molecule has 0 fully saturated rings. The van der Waals surface area contributed by atoms with Crippen LogP contribution in [0.5, 0.6) is 17.2 Å². The molecule has 0 saturated carbocycles. The molecule has 0 atom stereocenters. The topological polar surface area (TPSA) is 69.2 Å². The third-order valence-electron chi connectivity index (χ3n) is 3.59. The maximum absolute atomic E-state index is 12.5. The lowest BCUT2D eigenvalue weighted by Crippen LogP contribution is -2.18. The van der Waals surface area contributed by atoms with Gasteiger partial charge in [0.1, 0.15) is 0 Å². The molecule has 148 valence electrons. The summed E-state index contributed by atoms with van der Waals surface area (Å²) in [5.74, 6) is 1.06. The van der Waals surface area contributed by atoms with Gasteiger partial charge in [-0.25, -0.2) is 5.43 Å². The van der Waals surface area contributed by atoms with E-state index in [2.05, 4.69) is 10.5 Å². The summed E-state index contributed by atoms with van der Waals surface area (Å²) in [7, 11) is 0. The zero-order valence-corrected chi connectivity index (χ0v) is 16.5. The lowest BCUT2D eigenvalue weighted by atomic mass is 10.1. The molecule has 0 aliphatic carbocycles. The zero-order chi connectivity index (χ0) is 20.2. The molecule has 0 unspecified atom stereocenters. The fourth-order valence-corrected chi connectivity index (χ4v) is 2.44. The molecule has 2 aromatic rings. The number of hydrogen-bond donors (Lipinski definition) is 1. The van der Waals surface area contributed by atoms with Crippen molar-refractivity contribution in [2.75, 3.05) is 19.8 Å². The van der Waals surface area contributed by atoms with Crippen LogP contribution in [0.4, 0.5) is 0 Å². The van der Waals surface area contributed by atoms with E-state index in [9.17, 15) is 4.79 Å². The lowest BCUT2D eigenvalue weighted by Gasteiger charge is -2.16. The van der Waals surface area contributed by atoms with Crippen molar-refractivity contribution in [2.24, 2.45) is 5.10 Å². The number of hydrogen-bond acceptors (Lipinski definition) is 5. The molecule has 6 heteroatoms. The van der Waals surface area contributed by atoms with E-state index in [0.29, 0.717) is 42.6 Å². The maximum Gasteiger partial charge on any atom is 0.271 e. The Morgan fingerprint density at radius 1 is 0.964 bits per heavy atom. The summed E-state index contributed by atoms with van der Waals surface area (Å²) >= 11 is 0. The van der Waals surface area contributed by atoms with Crippen molar-refractivity contribution in [2.45, 2.75) is 20.8 Å². The summed E-state index contributed by atoms with van der Waals surface area (Å²) < 4.78 is 16.9. The smallest absolute Gasteiger partial charge is 0.271 e. The van der Waals surface area contributed by atoms with Crippen molar-refractivity contribution >= 4 is 18.2 Å². The van der Waals surface area contributed by atoms with E-state index in [1.165, 1.54) is 6.21 Å². The molecule has 1 N–H and O–H groups in total. The Balaban J connectivity index is 2.12. The minimum absolute atomic E-state index is 0.366. The van der Waals surface area contributed by atoms with Gasteiger partial charge in [-0.2, -0.15) is 5.10 Å². The number of nitrogens with one attached hydrogen (secondary N) is 1. The molecule has 28 heavy (non-hydrogen) atoms. The molecule has 0 saturated heterocycles. The van der Waals surface area contributed by atoms with Crippen molar-refractivity contribution in [3.05, 3.63) is 59.7 Å². The Kier molecular flexibility index (Phi) is 8.59. The third kappa shape index (κ3) is 6.16. The summed E-state index contributed by atoms with van der Waals surface area (Å²) in [6, 6.07) is 13.1. The van der Waals surface area contributed by atoms with Crippen LogP contribution in [0.1, 0.15) is 36.7 Å². The van der Waals surface area contributed by atoms with Crippen molar-refractivity contribution in [3.63, 3.8) is 0 Å². The van der Waals surface area contributed by atoms with Gasteiger partial charge < -0.3 is 14.2 Å². The molecule has 0 heterocycles. The van der Waals surface area contributed by atoms with Gasteiger partial charge in [-0.05, 0) is 44.5 Å². The van der Waals surface area contributed by atoms with Gasteiger partial charge in [-0.1, -0.05) is 36.4 Å². The van der Waals surface area contributed by atoms with Crippen LogP contribution in [-0.4, -0.2) is 31.9 Å². The molecule has 0 spiro atoms. The van der Waals surface area contributed by atoms with Crippen LogP contribution < -0.4 is 19.6 Å². The Labute approximate surface area is 165 Å². The first-order chi connectivity index (χ1) is 13.7. The molecule has 2 rings (SSSR count). The fraction of sp³-hybridized carbons (Fsp3) is 0.273. The highest BCUT2D eigenvalue weighted by Gasteiger charge is 2.18. The Morgan fingerprint density at radius 3 is 2.14 bits per heavy atom. The van der Waals surface area contributed by atoms with Crippen LogP contribution in [0.15, 0.2) is 53.6 Å². The number of nitrogens with zero attached hydrogens (tertiary/aromatic N) is 1. The lowest BCUT2D eigenvalue weighted by molar-refractivity contribution is 0.0954. The molecule has 0 aliphatic heterocycles. The molecule has 2 aromatic carbocycles. The van der Waals surface area contributed by atoms with Gasteiger partial charge >= 0.3 is 0 Å². The van der Waals surface area contributed by atoms with Gasteiger partial charge in [0.15, 0.2) is 11.5 Å². The van der Waals surface area contributed by atoms with E-state index < -0.39 is 0 Å². The van der Waals surface area contributed by atoms with E-state index >= 15 is 0 Å². The van der Waals surface area contributed by atoms with Crippen molar-refractivity contribution in [1.29, 1.82) is 0 Å². The van der Waals surface area contributed by atoms with E-state index in [1.807, 2.05) is 57.2 Å². The van der Waals surface area contributed by atoms with E-state index in [0.717, 1.165) is 5.56 Å². The second kappa shape index (κ2) is 11.4. The van der Waals surface area contributed by atoms with Crippen LogP contribution in [0.2, 0.25) is 0 Å². The van der Waals surface area contributed by atoms with Crippen molar-refractivity contribution in [3.8, 4) is 17.2 Å². The predicted molar refractivity (Wildman–Crippen MR) is 111 cm³/mol. The molecule has 0 bridgehead atoms. The van der Waals surface area contributed by atoms with Crippen LogP contribution in [-0.2, 0) is 0 Å². The molecule has 0 radical (unpaired) electrons. The highest BCUT2D eigenvalue weighted by molar-refractivity contribution is 5.96. The van der Waals surface area contributed by atoms with Crippen LogP contribution in [0.25, 0.3) is 6.08 Å². The Morgan fingerprint density at radius 2 is 1.57 bits per heavy atom. The molecule has 0 aromatic heterocycles. The Bertz CT molecular complexity index is 790. The number of carbonyl (C=O) groups excluding carboxylic acids is 1. The van der Waals surface area contributed by atoms with Gasteiger partial charge in [0.2, 0.25) is 5.75 Å². The van der Waals surface area contributed by atoms with E-state index in [1.54, 1.807) is 18.2 Å². The SMILES string of the molecule is CCOc1cc(C(=O)N/N=C\C=C\c2ccccc2)cc(OCC)c1OCC. The molecule has 1 amide bonds. The standard InChI is InChI=1S/C22H26N2O4/c1-4-26-19-15-18(16-20(27-5-2)21(19)28-6-3)22(25)24-23-14-10-13-17-11-8-7-9-12-17/h7-16H,4-6H2,1-3H3,(H,24,25)/b13-10+,23-14-. The van der Waals surface area contributed by atoms with E-state index in [-0.39, 0.29) is 5.91 Å². The quantitative estimate of drug-likeness (QED) is 0.491. The monoisotopic (exact) mass is 382 g/mol. The third-order valence-corrected chi connectivity index (χ3v) is 3.59. The van der Waals surface area contributed by atoms with Gasteiger partial charge in [-0.3, -0.25) is 4.79 Å². The first-order valence-corrected chi connectivity index (χ1v) is 9.31. The normalized spacial score (nSPS) is 11.0. The number of carbonyl (C=O) groups is 1. The minimum atomic E-state index is -0.366. The van der Waals surface area contributed by atoms with Crippen molar-refractivity contribution in [1.82, 2.24) is 5.43 Å². The number of rotatable bonds is 10. The molecular formula is C22H26N2O4. The van der Waals surface area contributed by atoms with Crippen LogP contribution >= 0.6 is 0 Å². The predicted octanol–water partition coefficient (Wildman–Crippen LogP) is 4.31. The average molecular weight is 382 g/mol. The van der Waals surface area contributed by atoms with Gasteiger partial charge in [-0.15, -0.1) is 0 Å². The number of ether oxygens (including phenoxy) is 3.